The van der Waals surface area contributed by atoms with Crippen molar-refractivity contribution in [2.24, 2.45) is 0 Å². The summed E-state index contributed by atoms with van der Waals surface area (Å²) in [5.41, 5.74) is 2.27. The first-order valence-electron chi connectivity index (χ1n) is 4.84. The smallest absolute Gasteiger partial charge is 0.0939 e. The summed E-state index contributed by atoms with van der Waals surface area (Å²) in [6.45, 7) is 2.09. The minimum absolute atomic E-state index is 0.623. The van der Waals surface area contributed by atoms with E-state index in [1.807, 2.05) is 12.3 Å². The lowest BCUT2D eigenvalue weighted by molar-refractivity contribution is 1.50. The molecule has 0 radical (unpaired) electrons. The minimum atomic E-state index is 0.623. The van der Waals surface area contributed by atoms with Gasteiger partial charge in [-0.15, -0.1) is 11.8 Å². The molecule has 2 heteroatoms. The number of fused-ring (bicyclic) bond motifs is 1. The maximum atomic E-state index is 7.76. The van der Waals surface area contributed by atoms with E-state index in [2.05, 4.69) is 37.3 Å². The summed E-state index contributed by atoms with van der Waals surface area (Å²) < 4.78 is 0. The van der Waals surface area contributed by atoms with Gasteiger partial charge in [-0.2, -0.15) is 0 Å². The van der Waals surface area contributed by atoms with Crippen LogP contribution in [0.15, 0.2) is 36.4 Å². The van der Waals surface area contributed by atoms with Gasteiger partial charge in [-0.05, 0) is 30.0 Å². The van der Waals surface area contributed by atoms with Gasteiger partial charge < -0.3 is 0 Å². The van der Waals surface area contributed by atoms with Crippen molar-refractivity contribution in [3.63, 3.8) is 0 Å². The van der Waals surface area contributed by atoms with E-state index in [0.717, 1.165) is 5.56 Å². The molecule has 15 heavy (non-hydrogen) atoms. The summed E-state index contributed by atoms with van der Waals surface area (Å²) in [7, 11) is 0. The monoisotopic (exact) mass is 215 g/mol. The van der Waals surface area contributed by atoms with Crippen LogP contribution in [0.5, 0.6) is 0 Å². The van der Waals surface area contributed by atoms with Crippen molar-refractivity contribution in [2.75, 3.05) is 6.26 Å². The van der Waals surface area contributed by atoms with Gasteiger partial charge in [0, 0.05) is 5.56 Å². The number of thioether (sulfide) groups is 1. The zero-order chi connectivity index (χ0) is 10.8. The summed E-state index contributed by atoms with van der Waals surface area (Å²) in [6, 6.07) is 12.6. The average molecular weight is 215 g/mol. The molecule has 76 valence electrons. The number of hydrogen-bond donors (Lipinski definition) is 1. The van der Waals surface area contributed by atoms with Gasteiger partial charge >= 0.3 is 0 Å². The fourth-order valence-electron chi connectivity index (χ4n) is 1.62. The highest BCUT2D eigenvalue weighted by molar-refractivity contribution is 8.13. The van der Waals surface area contributed by atoms with E-state index in [4.69, 9.17) is 5.41 Å². The molecule has 2 rings (SSSR count). The Morgan fingerprint density at radius 1 is 1.07 bits per heavy atom. The van der Waals surface area contributed by atoms with Crippen molar-refractivity contribution >= 4 is 27.6 Å². The average Bonchev–Trinajstić information content (AvgIpc) is 2.27. The summed E-state index contributed by atoms with van der Waals surface area (Å²) in [6.07, 6.45) is 1.93. The predicted molar refractivity (Wildman–Crippen MR) is 69.0 cm³/mol. The quantitative estimate of drug-likeness (QED) is 0.567. The van der Waals surface area contributed by atoms with Gasteiger partial charge in [0.2, 0.25) is 0 Å². The largest absolute Gasteiger partial charge is 0.293 e. The molecule has 0 amide bonds. The Bertz CT molecular complexity index is 517. The summed E-state index contributed by atoms with van der Waals surface area (Å²) in [4.78, 5) is 0. The van der Waals surface area contributed by atoms with Crippen LogP contribution in [0.4, 0.5) is 0 Å². The number of rotatable bonds is 1. The number of aryl methyl sites for hydroxylation is 1. The molecular formula is C13H13NS. The van der Waals surface area contributed by atoms with Crippen molar-refractivity contribution in [2.45, 2.75) is 6.92 Å². The fraction of sp³-hybridized carbons (Fsp3) is 0.154. The Morgan fingerprint density at radius 3 is 2.47 bits per heavy atom. The first-order chi connectivity index (χ1) is 7.20. The van der Waals surface area contributed by atoms with Gasteiger partial charge in [-0.25, -0.2) is 0 Å². The molecule has 0 aliphatic heterocycles. The molecule has 0 aromatic heterocycles. The van der Waals surface area contributed by atoms with E-state index in [0.29, 0.717) is 5.04 Å². The third kappa shape index (κ3) is 2.05. The van der Waals surface area contributed by atoms with Crippen LogP contribution in [-0.2, 0) is 0 Å². The van der Waals surface area contributed by atoms with E-state index in [-0.39, 0.29) is 0 Å². The molecule has 2 aromatic rings. The SMILES string of the molecule is CSC(=N)c1ccc2cc(C)ccc2c1. The van der Waals surface area contributed by atoms with Crippen LogP contribution in [0.1, 0.15) is 11.1 Å². The second-order valence-corrected chi connectivity index (χ2v) is 4.42. The lowest BCUT2D eigenvalue weighted by atomic mass is 10.1. The fourth-order valence-corrected chi connectivity index (χ4v) is 1.99. The third-order valence-electron chi connectivity index (χ3n) is 2.46. The van der Waals surface area contributed by atoms with Gasteiger partial charge in [-0.1, -0.05) is 35.9 Å². The highest BCUT2D eigenvalue weighted by Crippen LogP contribution is 2.19. The second-order valence-electron chi connectivity index (χ2n) is 3.60. The molecule has 0 unspecified atom stereocenters. The van der Waals surface area contributed by atoms with E-state index in [1.54, 1.807) is 0 Å². The van der Waals surface area contributed by atoms with Crippen molar-refractivity contribution < 1.29 is 0 Å². The maximum Gasteiger partial charge on any atom is 0.0939 e. The number of nitrogens with one attached hydrogen (secondary N) is 1. The lowest BCUT2D eigenvalue weighted by Crippen LogP contribution is -1.91. The summed E-state index contributed by atoms with van der Waals surface area (Å²) >= 11 is 1.47. The molecule has 2 aromatic carbocycles. The lowest BCUT2D eigenvalue weighted by Gasteiger charge is -2.04. The number of hydrogen-bond acceptors (Lipinski definition) is 2. The first kappa shape index (κ1) is 10.2. The first-order valence-corrected chi connectivity index (χ1v) is 6.06. The highest BCUT2D eigenvalue weighted by Gasteiger charge is 2.01. The van der Waals surface area contributed by atoms with Crippen LogP contribution >= 0.6 is 11.8 Å². The molecule has 0 aliphatic rings. The van der Waals surface area contributed by atoms with Crippen LogP contribution in [0, 0.1) is 12.3 Å². The molecule has 0 bridgehead atoms. The van der Waals surface area contributed by atoms with Crippen LogP contribution in [0.2, 0.25) is 0 Å². The molecule has 0 aliphatic carbocycles. The molecule has 0 saturated carbocycles. The Kier molecular flexibility index (Phi) is 2.78. The topological polar surface area (TPSA) is 23.9 Å². The van der Waals surface area contributed by atoms with E-state index >= 15 is 0 Å². The minimum Gasteiger partial charge on any atom is -0.293 e. The molecule has 0 fully saturated rings. The predicted octanol–water partition coefficient (Wildman–Crippen LogP) is 3.84. The van der Waals surface area contributed by atoms with Crippen molar-refractivity contribution in [3.05, 3.63) is 47.5 Å². The standard InChI is InChI=1S/C13H13NS/c1-9-3-4-11-8-12(13(14)15-2)6-5-10(11)7-9/h3-8,14H,1-2H3. The van der Waals surface area contributed by atoms with Crippen molar-refractivity contribution in [1.29, 1.82) is 5.41 Å². The molecule has 0 heterocycles. The Balaban J connectivity index is 2.57. The third-order valence-corrected chi connectivity index (χ3v) is 3.11. The van der Waals surface area contributed by atoms with Gasteiger partial charge in [0.1, 0.15) is 0 Å². The van der Waals surface area contributed by atoms with E-state index < -0.39 is 0 Å². The Hall–Kier alpha value is -1.28. The maximum absolute atomic E-state index is 7.76. The molecule has 1 N–H and O–H groups in total. The van der Waals surface area contributed by atoms with Crippen LogP contribution < -0.4 is 0 Å². The zero-order valence-corrected chi connectivity index (χ0v) is 9.69. The second kappa shape index (κ2) is 4.07. The van der Waals surface area contributed by atoms with Gasteiger partial charge in [0.15, 0.2) is 0 Å². The molecule has 1 nitrogen and oxygen atoms in total. The number of benzene rings is 2. The Labute approximate surface area is 94.0 Å². The van der Waals surface area contributed by atoms with Gasteiger partial charge in [0.05, 0.1) is 5.04 Å². The van der Waals surface area contributed by atoms with Crippen LogP contribution in [0.25, 0.3) is 10.8 Å². The van der Waals surface area contributed by atoms with E-state index in [1.165, 1.54) is 28.1 Å². The zero-order valence-electron chi connectivity index (χ0n) is 8.87. The van der Waals surface area contributed by atoms with Crippen LogP contribution in [-0.4, -0.2) is 11.3 Å². The highest BCUT2D eigenvalue weighted by atomic mass is 32.2. The van der Waals surface area contributed by atoms with Crippen molar-refractivity contribution in [1.82, 2.24) is 0 Å². The summed E-state index contributed by atoms with van der Waals surface area (Å²) in [5, 5.41) is 10.8. The normalized spacial score (nSPS) is 10.5. The molecular weight excluding hydrogens is 202 g/mol. The summed E-state index contributed by atoms with van der Waals surface area (Å²) in [5.74, 6) is 0. The van der Waals surface area contributed by atoms with E-state index in [9.17, 15) is 0 Å². The Morgan fingerprint density at radius 2 is 1.73 bits per heavy atom. The molecule has 0 atom stereocenters. The van der Waals surface area contributed by atoms with Crippen molar-refractivity contribution in [3.8, 4) is 0 Å². The van der Waals surface area contributed by atoms with Crippen LogP contribution in [0.3, 0.4) is 0 Å². The molecule has 0 saturated heterocycles. The van der Waals surface area contributed by atoms with Gasteiger partial charge in [0.25, 0.3) is 0 Å². The molecule has 0 spiro atoms. The van der Waals surface area contributed by atoms with Gasteiger partial charge in [-0.3, -0.25) is 5.41 Å².